The van der Waals surface area contributed by atoms with Gasteiger partial charge in [-0.2, -0.15) is 0 Å². The molecule has 0 saturated heterocycles. The molecule has 2 atom stereocenters. The highest BCUT2D eigenvalue weighted by Crippen LogP contribution is 2.27. The first kappa shape index (κ1) is 13.1. The number of carbonyl (C=O) groups is 1. The van der Waals surface area contributed by atoms with E-state index in [1.54, 1.807) is 0 Å². The van der Waals surface area contributed by atoms with Crippen molar-refractivity contribution in [1.82, 2.24) is 5.32 Å². The highest BCUT2D eigenvalue weighted by Gasteiger charge is 2.27. The summed E-state index contributed by atoms with van der Waals surface area (Å²) in [6, 6.07) is 7.97. The molecule has 0 spiro atoms. The van der Waals surface area contributed by atoms with Crippen LogP contribution < -0.4 is 11.1 Å². The summed E-state index contributed by atoms with van der Waals surface area (Å²) in [5.41, 5.74) is 7.78. The summed E-state index contributed by atoms with van der Waals surface area (Å²) >= 11 is 0. The van der Waals surface area contributed by atoms with Gasteiger partial charge in [0.15, 0.2) is 6.10 Å². The molecule has 4 nitrogen and oxygen atoms in total. The summed E-state index contributed by atoms with van der Waals surface area (Å²) in [5, 5.41) is 2.94. The molecule has 1 aliphatic heterocycles. The molecule has 4 heteroatoms. The maximum atomic E-state index is 12.2. The highest BCUT2D eigenvalue weighted by molar-refractivity contribution is 5.83. The molecule has 0 fully saturated rings. The van der Waals surface area contributed by atoms with Crippen LogP contribution in [0.15, 0.2) is 24.3 Å². The number of nitrogens with one attached hydrogen (secondary N) is 1. The normalized spacial score (nSPS) is 20.0. The smallest absolute Gasteiger partial charge is 0.254 e. The third-order valence-electron chi connectivity index (χ3n) is 3.36. The monoisotopic (exact) mass is 248 g/mol. The number of rotatable bonds is 4. The van der Waals surface area contributed by atoms with Crippen molar-refractivity contribution in [1.29, 1.82) is 0 Å². The third kappa shape index (κ3) is 2.71. The van der Waals surface area contributed by atoms with Crippen molar-refractivity contribution >= 4 is 5.91 Å². The number of ether oxygens (including phenoxy) is 1. The summed E-state index contributed by atoms with van der Waals surface area (Å²) in [5.74, 6) is -0.0838. The number of fused-ring (bicyclic) bond motifs is 1. The largest absolute Gasteiger partial charge is 0.363 e. The number of hydrogen-bond acceptors (Lipinski definition) is 3. The van der Waals surface area contributed by atoms with Crippen molar-refractivity contribution in [3.63, 3.8) is 0 Å². The molecule has 1 aromatic rings. The SMILES string of the molecule is CCC(CN)NC(=O)C1OCCc2ccccc21. The van der Waals surface area contributed by atoms with Crippen molar-refractivity contribution in [3.05, 3.63) is 35.4 Å². The van der Waals surface area contributed by atoms with E-state index in [4.69, 9.17) is 10.5 Å². The van der Waals surface area contributed by atoms with Gasteiger partial charge in [-0.1, -0.05) is 31.2 Å². The van der Waals surface area contributed by atoms with Crippen molar-refractivity contribution < 1.29 is 9.53 Å². The lowest BCUT2D eigenvalue weighted by Crippen LogP contribution is -2.43. The summed E-state index contributed by atoms with van der Waals surface area (Å²) in [4.78, 5) is 12.2. The number of hydrogen-bond donors (Lipinski definition) is 2. The van der Waals surface area contributed by atoms with Crippen molar-refractivity contribution in [2.24, 2.45) is 5.73 Å². The van der Waals surface area contributed by atoms with Gasteiger partial charge in [-0.3, -0.25) is 4.79 Å². The van der Waals surface area contributed by atoms with Crippen LogP contribution in [0.25, 0.3) is 0 Å². The number of nitrogens with two attached hydrogens (primary N) is 1. The van der Waals surface area contributed by atoms with Gasteiger partial charge in [0.1, 0.15) is 0 Å². The minimum absolute atomic E-state index is 0.0233. The van der Waals surface area contributed by atoms with Gasteiger partial charge in [-0.25, -0.2) is 0 Å². The standard InChI is InChI=1S/C14H20N2O2/c1-2-11(9-15)16-14(17)13-12-6-4-3-5-10(12)7-8-18-13/h3-6,11,13H,2,7-9,15H2,1H3,(H,16,17). The quantitative estimate of drug-likeness (QED) is 0.840. The Labute approximate surface area is 108 Å². The summed E-state index contributed by atoms with van der Waals surface area (Å²) in [6.45, 7) is 3.05. The van der Waals surface area contributed by atoms with E-state index in [0.717, 1.165) is 18.4 Å². The van der Waals surface area contributed by atoms with E-state index >= 15 is 0 Å². The van der Waals surface area contributed by atoms with E-state index in [1.807, 2.05) is 25.1 Å². The molecule has 3 N–H and O–H groups in total. The van der Waals surface area contributed by atoms with E-state index in [1.165, 1.54) is 5.56 Å². The minimum atomic E-state index is -0.490. The Balaban J connectivity index is 2.12. The van der Waals surface area contributed by atoms with Gasteiger partial charge in [0.25, 0.3) is 5.91 Å². The molecular formula is C14H20N2O2. The average molecular weight is 248 g/mol. The van der Waals surface area contributed by atoms with Gasteiger partial charge in [0, 0.05) is 12.6 Å². The lowest BCUT2D eigenvalue weighted by atomic mass is 9.97. The molecule has 1 amide bonds. The van der Waals surface area contributed by atoms with Crippen molar-refractivity contribution in [3.8, 4) is 0 Å². The summed E-state index contributed by atoms with van der Waals surface area (Å²) < 4.78 is 5.60. The molecule has 0 bridgehead atoms. The Morgan fingerprint density at radius 3 is 3.06 bits per heavy atom. The Hall–Kier alpha value is -1.39. The summed E-state index contributed by atoms with van der Waals surface area (Å²) in [6.07, 6.45) is 1.21. The predicted molar refractivity (Wildman–Crippen MR) is 70.1 cm³/mol. The zero-order valence-corrected chi connectivity index (χ0v) is 10.7. The van der Waals surface area contributed by atoms with Crippen LogP contribution in [-0.4, -0.2) is 25.1 Å². The fourth-order valence-corrected chi connectivity index (χ4v) is 2.22. The number of carbonyl (C=O) groups excluding carboxylic acids is 1. The zero-order valence-electron chi connectivity index (χ0n) is 10.7. The Morgan fingerprint density at radius 2 is 2.33 bits per heavy atom. The van der Waals surface area contributed by atoms with Gasteiger partial charge < -0.3 is 15.8 Å². The molecule has 0 radical (unpaired) electrons. The van der Waals surface area contributed by atoms with E-state index in [2.05, 4.69) is 11.4 Å². The minimum Gasteiger partial charge on any atom is -0.363 e. The maximum absolute atomic E-state index is 12.2. The van der Waals surface area contributed by atoms with Crippen LogP contribution in [-0.2, 0) is 16.0 Å². The van der Waals surface area contributed by atoms with Gasteiger partial charge in [-0.15, -0.1) is 0 Å². The first-order valence-electron chi connectivity index (χ1n) is 6.46. The van der Waals surface area contributed by atoms with E-state index in [0.29, 0.717) is 13.2 Å². The predicted octanol–water partition coefficient (Wildman–Crippen LogP) is 1.15. The molecule has 1 aromatic carbocycles. The fraction of sp³-hybridized carbons (Fsp3) is 0.500. The molecular weight excluding hydrogens is 228 g/mol. The van der Waals surface area contributed by atoms with Crippen LogP contribution in [0.3, 0.4) is 0 Å². The lowest BCUT2D eigenvalue weighted by molar-refractivity contribution is -0.134. The zero-order chi connectivity index (χ0) is 13.0. The third-order valence-corrected chi connectivity index (χ3v) is 3.36. The molecule has 18 heavy (non-hydrogen) atoms. The van der Waals surface area contributed by atoms with Crippen molar-refractivity contribution in [2.45, 2.75) is 31.9 Å². The second-order valence-electron chi connectivity index (χ2n) is 4.55. The van der Waals surface area contributed by atoms with Crippen molar-refractivity contribution in [2.75, 3.05) is 13.2 Å². The topological polar surface area (TPSA) is 64.3 Å². The molecule has 0 aliphatic carbocycles. The van der Waals surface area contributed by atoms with Crippen LogP contribution in [0.2, 0.25) is 0 Å². The lowest BCUT2D eigenvalue weighted by Gasteiger charge is -2.26. The second-order valence-corrected chi connectivity index (χ2v) is 4.55. The van der Waals surface area contributed by atoms with Crippen LogP contribution in [0.4, 0.5) is 0 Å². The second kappa shape index (κ2) is 5.98. The Morgan fingerprint density at radius 1 is 1.56 bits per heavy atom. The first-order chi connectivity index (χ1) is 8.76. The maximum Gasteiger partial charge on any atom is 0.254 e. The van der Waals surface area contributed by atoms with Crippen LogP contribution in [0.5, 0.6) is 0 Å². The summed E-state index contributed by atoms with van der Waals surface area (Å²) in [7, 11) is 0. The van der Waals surface area contributed by atoms with Gasteiger partial charge in [0.05, 0.1) is 6.61 Å². The highest BCUT2D eigenvalue weighted by atomic mass is 16.5. The van der Waals surface area contributed by atoms with Gasteiger partial charge in [-0.05, 0) is 24.0 Å². The molecule has 1 heterocycles. The average Bonchev–Trinajstić information content (AvgIpc) is 2.43. The van der Waals surface area contributed by atoms with Crippen LogP contribution in [0.1, 0.15) is 30.6 Å². The van der Waals surface area contributed by atoms with E-state index in [-0.39, 0.29) is 11.9 Å². The van der Waals surface area contributed by atoms with Gasteiger partial charge in [0.2, 0.25) is 0 Å². The number of benzene rings is 1. The molecule has 1 aliphatic rings. The van der Waals surface area contributed by atoms with Crippen LogP contribution in [0, 0.1) is 0 Å². The molecule has 0 aromatic heterocycles. The molecule has 2 rings (SSSR count). The molecule has 0 saturated carbocycles. The molecule has 2 unspecified atom stereocenters. The van der Waals surface area contributed by atoms with Gasteiger partial charge >= 0.3 is 0 Å². The van der Waals surface area contributed by atoms with E-state index in [9.17, 15) is 4.79 Å². The molecule has 98 valence electrons. The number of amides is 1. The Kier molecular flexibility index (Phi) is 4.33. The Bertz CT molecular complexity index is 416. The van der Waals surface area contributed by atoms with Crippen LogP contribution >= 0.6 is 0 Å². The first-order valence-corrected chi connectivity index (χ1v) is 6.46. The van der Waals surface area contributed by atoms with E-state index < -0.39 is 6.10 Å². The fourth-order valence-electron chi connectivity index (χ4n) is 2.22.